The number of hydrogen-bond donors (Lipinski definition) is 2. The number of nitrogens with one attached hydrogen (secondary N) is 2. The second kappa shape index (κ2) is 7.27. The summed E-state index contributed by atoms with van der Waals surface area (Å²) in [4.78, 5) is 20.8. The van der Waals surface area contributed by atoms with Crippen molar-refractivity contribution in [3.63, 3.8) is 0 Å². The van der Waals surface area contributed by atoms with Crippen LogP contribution in [0.2, 0.25) is 5.02 Å². The summed E-state index contributed by atoms with van der Waals surface area (Å²) in [5.41, 5.74) is 1.47. The fourth-order valence-corrected chi connectivity index (χ4v) is 2.28. The number of halogens is 2. The Hall–Kier alpha value is -2.99. The molecule has 0 bridgehead atoms. The number of carbonyl (C=O) groups excluding carboxylic acids is 1. The summed E-state index contributed by atoms with van der Waals surface area (Å²) in [6.45, 7) is 1.70. The van der Waals surface area contributed by atoms with Gasteiger partial charge in [-0.1, -0.05) is 11.6 Å². The van der Waals surface area contributed by atoms with Crippen LogP contribution in [0.5, 0.6) is 0 Å². The molecule has 3 rings (SSSR count). The maximum absolute atomic E-state index is 12.9. The lowest BCUT2D eigenvalue weighted by atomic mass is 10.3. The molecule has 2 N–H and O–H groups in total. The molecule has 1 aromatic heterocycles. The van der Waals surface area contributed by atoms with E-state index in [0.717, 1.165) is 5.69 Å². The molecule has 5 nitrogen and oxygen atoms in total. The summed E-state index contributed by atoms with van der Waals surface area (Å²) in [5.74, 6) is 0.156. The average molecular weight is 357 g/mol. The quantitative estimate of drug-likeness (QED) is 0.718. The zero-order valence-corrected chi connectivity index (χ0v) is 14.0. The third-order valence-electron chi connectivity index (χ3n) is 3.29. The third kappa shape index (κ3) is 4.51. The predicted octanol–water partition coefficient (Wildman–Crippen LogP) is 4.57. The molecule has 0 unspecified atom stereocenters. The molecular formula is C18H14ClFN4O. The number of anilines is 3. The Labute approximate surface area is 148 Å². The van der Waals surface area contributed by atoms with E-state index in [2.05, 4.69) is 20.6 Å². The van der Waals surface area contributed by atoms with Gasteiger partial charge in [0.2, 0.25) is 0 Å². The van der Waals surface area contributed by atoms with Crippen molar-refractivity contribution < 1.29 is 9.18 Å². The van der Waals surface area contributed by atoms with Crippen molar-refractivity contribution in [2.24, 2.45) is 0 Å². The molecule has 0 aliphatic rings. The maximum Gasteiger partial charge on any atom is 0.274 e. The number of amides is 1. The molecule has 0 saturated carbocycles. The van der Waals surface area contributed by atoms with Gasteiger partial charge in [0.1, 0.15) is 23.2 Å². The fraction of sp³-hybridized carbons (Fsp3) is 0.0556. The number of rotatable bonds is 4. The molecule has 3 aromatic rings. The van der Waals surface area contributed by atoms with Crippen LogP contribution in [0.1, 0.15) is 16.3 Å². The van der Waals surface area contributed by atoms with E-state index in [1.165, 1.54) is 24.3 Å². The highest BCUT2D eigenvalue weighted by atomic mass is 35.5. The van der Waals surface area contributed by atoms with Gasteiger partial charge in [0.15, 0.2) is 0 Å². The van der Waals surface area contributed by atoms with E-state index in [-0.39, 0.29) is 11.5 Å². The SMILES string of the molecule is Cc1nc(Nc2ccc(Cl)cc2)cc(C(=O)Nc2ccc(F)cc2)n1. The summed E-state index contributed by atoms with van der Waals surface area (Å²) in [7, 11) is 0. The smallest absolute Gasteiger partial charge is 0.274 e. The van der Waals surface area contributed by atoms with Gasteiger partial charge >= 0.3 is 0 Å². The van der Waals surface area contributed by atoms with Crippen molar-refractivity contribution >= 4 is 34.7 Å². The van der Waals surface area contributed by atoms with Gasteiger partial charge in [-0.3, -0.25) is 4.79 Å². The minimum absolute atomic E-state index is 0.202. The number of benzene rings is 2. The van der Waals surface area contributed by atoms with Crippen LogP contribution in [0.4, 0.5) is 21.6 Å². The molecule has 0 aliphatic heterocycles. The van der Waals surface area contributed by atoms with Crippen molar-refractivity contribution in [1.82, 2.24) is 9.97 Å². The van der Waals surface area contributed by atoms with E-state index in [4.69, 9.17) is 11.6 Å². The minimum atomic E-state index is -0.406. The zero-order valence-electron chi connectivity index (χ0n) is 13.3. The van der Waals surface area contributed by atoms with Gasteiger partial charge < -0.3 is 10.6 Å². The van der Waals surface area contributed by atoms with Crippen molar-refractivity contribution in [1.29, 1.82) is 0 Å². The minimum Gasteiger partial charge on any atom is -0.340 e. The molecule has 2 aromatic carbocycles. The molecule has 126 valence electrons. The van der Waals surface area contributed by atoms with Crippen molar-refractivity contribution in [3.05, 3.63) is 77.0 Å². The first-order valence-electron chi connectivity index (χ1n) is 7.45. The summed E-state index contributed by atoms with van der Waals surface area (Å²) >= 11 is 5.86. The molecule has 0 spiro atoms. The fourth-order valence-electron chi connectivity index (χ4n) is 2.16. The average Bonchev–Trinajstić information content (AvgIpc) is 2.58. The highest BCUT2D eigenvalue weighted by Crippen LogP contribution is 2.19. The zero-order chi connectivity index (χ0) is 17.8. The standard InChI is InChI=1S/C18H14ClFN4O/c1-11-21-16(18(25)24-15-8-4-13(20)5-9-15)10-17(22-11)23-14-6-2-12(19)3-7-14/h2-10H,1H3,(H,24,25)(H,21,22,23). The lowest BCUT2D eigenvalue weighted by Gasteiger charge is -2.09. The molecule has 25 heavy (non-hydrogen) atoms. The molecule has 7 heteroatoms. The summed E-state index contributed by atoms with van der Waals surface area (Å²) in [6.07, 6.45) is 0. The molecule has 1 heterocycles. The Bertz CT molecular complexity index is 898. The number of nitrogens with zero attached hydrogens (tertiary/aromatic N) is 2. The van der Waals surface area contributed by atoms with Crippen molar-refractivity contribution in [3.8, 4) is 0 Å². The van der Waals surface area contributed by atoms with Gasteiger partial charge in [0.05, 0.1) is 0 Å². The lowest BCUT2D eigenvalue weighted by Crippen LogP contribution is -2.15. The van der Waals surface area contributed by atoms with Gasteiger partial charge in [-0.2, -0.15) is 0 Å². The molecule has 0 fully saturated rings. The molecule has 0 atom stereocenters. The Morgan fingerprint density at radius 1 is 1.00 bits per heavy atom. The van der Waals surface area contributed by atoms with Crippen LogP contribution in [-0.4, -0.2) is 15.9 Å². The molecule has 1 amide bonds. The molecular weight excluding hydrogens is 343 g/mol. The number of hydrogen-bond acceptors (Lipinski definition) is 4. The first-order chi connectivity index (χ1) is 12.0. The highest BCUT2D eigenvalue weighted by Gasteiger charge is 2.11. The van der Waals surface area contributed by atoms with Crippen LogP contribution < -0.4 is 10.6 Å². The Balaban J connectivity index is 1.79. The summed E-state index contributed by atoms with van der Waals surface area (Å²) in [6, 6.07) is 14.2. The Morgan fingerprint density at radius 3 is 2.32 bits per heavy atom. The Kier molecular flexibility index (Phi) is 4.90. The van der Waals surface area contributed by atoms with Gasteiger partial charge in [-0.05, 0) is 55.5 Å². The van der Waals surface area contributed by atoms with Crippen LogP contribution in [0, 0.1) is 12.7 Å². The van der Waals surface area contributed by atoms with Gasteiger partial charge in [-0.25, -0.2) is 14.4 Å². The van der Waals surface area contributed by atoms with E-state index in [0.29, 0.717) is 22.4 Å². The molecule has 0 saturated heterocycles. The highest BCUT2D eigenvalue weighted by molar-refractivity contribution is 6.30. The van der Waals surface area contributed by atoms with E-state index in [1.807, 2.05) is 0 Å². The van der Waals surface area contributed by atoms with Crippen molar-refractivity contribution in [2.75, 3.05) is 10.6 Å². The predicted molar refractivity (Wildman–Crippen MR) is 95.9 cm³/mol. The second-order valence-electron chi connectivity index (χ2n) is 5.28. The van der Waals surface area contributed by atoms with Crippen LogP contribution >= 0.6 is 11.6 Å². The van der Waals surface area contributed by atoms with E-state index in [9.17, 15) is 9.18 Å². The monoisotopic (exact) mass is 356 g/mol. The molecule has 0 aliphatic carbocycles. The third-order valence-corrected chi connectivity index (χ3v) is 3.54. The van der Waals surface area contributed by atoms with E-state index in [1.54, 1.807) is 37.3 Å². The second-order valence-corrected chi connectivity index (χ2v) is 5.71. The van der Waals surface area contributed by atoms with Gasteiger partial charge in [-0.15, -0.1) is 0 Å². The van der Waals surface area contributed by atoms with Crippen LogP contribution in [0.25, 0.3) is 0 Å². The summed E-state index contributed by atoms with van der Waals surface area (Å²) < 4.78 is 12.9. The van der Waals surface area contributed by atoms with Crippen LogP contribution in [0.3, 0.4) is 0 Å². The van der Waals surface area contributed by atoms with E-state index < -0.39 is 5.91 Å². The van der Waals surface area contributed by atoms with Crippen LogP contribution in [0.15, 0.2) is 54.6 Å². The van der Waals surface area contributed by atoms with Crippen molar-refractivity contribution in [2.45, 2.75) is 6.92 Å². The summed E-state index contributed by atoms with van der Waals surface area (Å²) in [5, 5.41) is 6.40. The largest absolute Gasteiger partial charge is 0.340 e. The van der Waals surface area contributed by atoms with E-state index >= 15 is 0 Å². The molecule has 0 radical (unpaired) electrons. The van der Waals surface area contributed by atoms with Crippen LogP contribution in [-0.2, 0) is 0 Å². The number of carbonyl (C=O) groups is 1. The number of aryl methyl sites for hydroxylation is 1. The van der Waals surface area contributed by atoms with Gasteiger partial charge in [0, 0.05) is 22.5 Å². The lowest BCUT2D eigenvalue weighted by molar-refractivity contribution is 0.102. The maximum atomic E-state index is 12.9. The normalized spacial score (nSPS) is 10.4. The van der Waals surface area contributed by atoms with Gasteiger partial charge in [0.25, 0.3) is 5.91 Å². The Morgan fingerprint density at radius 2 is 1.64 bits per heavy atom. The first kappa shape index (κ1) is 16.9. The topological polar surface area (TPSA) is 66.9 Å². The number of aromatic nitrogens is 2. The first-order valence-corrected chi connectivity index (χ1v) is 7.82.